The van der Waals surface area contributed by atoms with Crippen LogP contribution in [0.25, 0.3) is 17.0 Å². The van der Waals surface area contributed by atoms with Crippen molar-refractivity contribution in [1.82, 2.24) is 4.98 Å². The number of fused-ring (bicyclic) bond motifs is 5. The van der Waals surface area contributed by atoms with E-state index in [1.54, 1.807) is 13.1 Å². The fourth-order valence-electron chi connectivity index (χ4n) is 6.41. The molecule has 3 aromatic carbocycles. The minimum Gasteiger partial charge on any atom is -0.465 e. The van der Waals surface area contributed by atoms with E-state index in [9.17, 15) is 14.9 Å². The Morgan fingerprint density at radius 1 is 1.02 bits per heavy atom. The predicted molar refractivity (Wildman–Crippen MR) is 155 cm³/mol. The summed E-state index contributed by atoms with van der Waals surface area (Å²) in [7, 11) is 0. The molecule has 6 rings (SSSR count). The molecule has 0 aliphatic carbocycles. The largest absolute Gasteiger partial charge is 0.465 e. The van der Waals surface area contributed by atoms with Crippen LogP contribution in [0.2, 0.25) is 0 Å². The first kappa shape index (κ1) is 25.5. The van der Waals surface area contributed by atoms with Crippen molar-refractivity contribution in [3.63, 3.8) is 0 Å². The molecule has 4 aromatic rings. The SMILES string of the molecule is CCOC(=O)[C@@]1(C#N)[C@H](c2cccc(C)c2)[C@@H](C(=O)c2ccc(C)cc2)N2c3c(ccc4cccnc34)C=C[C@@H]21. The minimum absolute atomic E-state index is 0.122. The zero-order chi connectivity index (χ0) is 28.0. The van der Waals surface area contributed by atoms with Gasteiger partial charge in [-0.1, -0.05) is 90.0 Å². The van der Waals surface area contributed by atoms with Gasteiger partial charge in [0.25, 0.3) is 0 Å². The van der Waals surface area contributed by atoms with Gasteiger partial charge < -0.3 is 9.64 Å². The van der Waals surface area contributed by atoms with Crippen molar-refractivity contribution >= 4 is 34.4 Å². The Kier molecular flexibility index (Phi) is 6.23. The number of benzene rings is 3. The maximum absolute atomic E-state index is 14.7. The molecule has 40 heavy (non-hydrogen) atoms. The Morgan fingerprint density at radius 3 is 2.55 bits per heavy atom. The van der Waals surface area contributed by atoms with Crippen LogP contribution in [0.15, 0.2) is 85.1 Å². The highest BCUT2D eigenvalue weighted by Gasteiger charge is 2.67. The maximum atomic E-state index is 14.7. The van der Waals surface area contributed by atoms with Crippen molar-refractivity contribution in [2.45, 2.75) is 38.8 Å². The first-order valence-electron chi connectivity index (χ1n) is 13.5. The Bertz CT molecular complexity index is 1720. The molecule has 0 spiro atoms. The second-order valence-corrected chi connectivity index (χ2v) is 10.6. The van der Waals surface area contributed by atoms with E-state index in [-0.39, 0.29) is 12.4 Å². The number of anilines is 1. The number of rotatable bonds is 5. The smallest absolute Gasteiger partial charge is 0.329 e. The second-order valence-electron chi connectivity index (χ2n) is 10.6. The van der Waals surface area contributed by atoms with Gasteiger partial charge >= 0.3 is 5.97 Å². The van der Waals surface area contributed by atoms with Crippen molar-refractivity contribution in [3.8, 4) is 6.07 Å². The number of carbonyl (C=O) groups is 2. The maximum Gasteiger partial charge on any atom is 0.329 e. The molecule has 6 nitrogen and oxygen atoms in total. The standard InChI is InChI=1S/C34H29N3O3/c1-4-40-33(39)34(20-35)27-17-16-24-15-14-23-9-6-18-36-29(23)30(24)37(27)31(28(34)26-8-5-7-22(3)19-26)32(38)25-12-10-21(2)11-13-25/h5-19,27-28,31H,4H2,1-3H3/t27-,28-,31+,34-/m1/s1. The van der Waals surface area contributed by atoms with Crippen LogP contribution >= 0.6 is 0 Å². The van der Waals surface area contributed by atoms with Crippen molar-refractivity contribution < 1.29 is 14.3 Å². The summed E-state index contributed by atoms with van der Waals surface area (Å²) in [6.45, 7) is 5.79. The molecular formula is C34H29N3O3. The molecule has 0 saturated carbocycles. The van der Waals surface area contributed by atoms with Crippen molar-refractivity contribution in [2.75, 3.05) is 11.5 Å². The van der Waals surface area contributed by atoms with E-state index in [0.717, 1.165) is 38.8 Å². The predicted octanol–water partition coefficient (Wildman–Crippen LogP) is 6.18. The molecular weight excluding hydrogens is 498 g/mol. The van der Waals surface area contributed by atoms with Gasteiger partial charge in [-0.2, -0.15) is 5.26 Å². The van der Waals surface area contributed by atoms with E-state index in [4.69, 9.17) is 9.72 Å². The lowest BCUT2D eigenvalue weighted by Crippen LogP contribution is -2.47. The summed E-state index contributed by atoms with van der Waals surface area (Å²) in [4.78, 5) is 35.4. The monoisotopic (exact) mass is 527 g/mol. The van der Waals surface area contributed by atoms with E-state index in [2.05, 4.69) is 6.07 Å². The van der Waals surface area contributed by atoms with Gasteiger partial charge in [-0.05, 0) is 38.0 Å². The van der Waals surface area contributed by atoms with Crippen LogP contribution in [0.1, 0.15) is 45.5 Å². The molecule has 1 aromatic heterocycles. The molecule has 1 saturated heterocycles. The first-order valence-corrected chi connectivity index (χ1v) is 13.5. The summed E-state index contributed by atoms with van der Waals surface area (Å²) in [5.41, 5.74) is 3.95. The van der Waals surface area contributed by atoms with E-state index in [1.165, 1.54) is 0 Å². The highest BCUT2D eigenvalue weighted by molar-refractivity contribution is 6.08. The number of pyridine rings is 1. The van der Waals surface area contributed by atoms with Gasteiger partial charge in [-0.15, -0.1) is 0 Å². The summed E-state index contributed by atoms with van der Waals surface area (Å²) in [6.07, 6.45) is 5.54. The Labute approximate surface area is 233 Å². The lowest BCUT2D eigenvalue weighted by Gasteiger charge is -2.36. The number of nitriles is 1. The van der Waals surface area contributed by atoms with Crippen molar-refractivity contribution in [3.05, 3.63) is 113 Å². The van der Waals surface area contributed by atoms with E-state index < -0.39 is 29.4 Å². The third-order valence-electron chi connectivity index (χ3n) is 8.17. The number of Topliss-reactive ketones (excluding diaryl/α,β-unsaturated/α-hetero) is 1. The van der Waals surface area contributed by atoms with Crippen LogP contribution in [0.5, 0.6) is 0 Å². The number of carbonyl (C=O) groups excluding carboxylic acids is 2. The average Bonchev–Trinajstić information content (AvgIpc) is 3.28. The number of ether oxygens (including phenoxy) is 1. The lowest BCUT2D eigenvalue weighted by atomic mass is 9.68. The third-order valence-corrected chi connectivity index (χ3v) is 8.17. The van der Waals surface area contributed by atoms with Gasteiger partial charge in [0.15, 0.2) is 11.2 Å². The number of hydrogen-bond donors (Lipinski definition) is 0. The quantitative estimate of drug-likeness (QED) is 0.228. The molecule has 198 valence electrons. The van der Waals surface area contributed by atoms with Crippen LogP contribution in [0.4, 0.5) is 5.69 Å². The molecule has 0 bridgehead atoms. The molecule has 4 atom stereocenters. The summed E-state index contributed by atoms with van der Waals surface area (Å²) in [5.74, 6) is -1.59. The van der Waals surface area contributed by atoms with Crippen LogP contribution in [0.3, 0.4) is 0 Å². The number of aromatic nitrogens is 1. The van der Waals surface area contributed by atoms with Crippen LogP contribution in [-0.4, -0.2) is 35.4 Å². The first-order chi connectivity index (χ1) is 19.4. The molecule has 2 aliphatic heterocycles. The molecule has 3 heterocycles. The van der Waals surface area contributed by atoms with E-state index in [0.29, 0.717) is 5.56 Å². The van der Waals surface area contributed by atoms with Crippen LogP contribution in [-0.2, 0) is 9.53 Å². The fraction of sp³-hybridized carbons (Fsp3) is 0.235. The van der Waals surface area contributed by atoms with Gasteiger partial charge in [0.1, 0.15) is 6.04 Å². The van der Waals surface area contributed by atoms with Gasteiger partial charge in [-0.3, -0.25) is 14.6 Å². The molecule has 0 amide bonds. The lowest BCUT2D eigenvalue weighted by molar-refractivity contribution is -0.152. The molecule has 6 heteroatoms. The zero-order valence-corrected chi connectivity index (χ0v) is 22.7. The van der Waals surface area contributed by atoms with E-state index in [1.807, 2.05) is 104 Å². The number of ketones is 1. The third kappa shape index (κ3) is 3.73. The summed E-state index contributed by atoms with van der Waals surface area (Å²) >= 11 is 0. The van der Waals surface area contributed by atoms with Crippen LogP contribution in [0, 0.1) is 30.6 Å². The van der Waals surface area contributed by atoms with Gasteiger partial charge in [-0.25, -0.2) is 0 Å². The Morgan fingerprint density at radius 2 is 1.82 bits per heavy atom. The van der Waals surface area contributed by atoms with Crippen molar-refractivity contribution in [2.24, 2.45) is 5.41 Å². The molecule has 1 fully saturated rings. The number of esters is 1. The van der Waals surface area contributed by atoms with Gasteiger partial charge in [0.05, 0.1) is 29.9 Å². The summed E-state index contributed by atoms with van der Waals surface area (Å²) in [6, 6.07) is 23.8. The Balaban J connectivity index is 1.70. The van der Waals surface area contributed by atoms with Crippen LogP contribution < -0.4 is 4.90 Å². The molecule has 2 aliphatic rings. The molecule has 0 unspecified atom stereocenters. The highest BCUT2D eigenvalue weighted by atomic mass is 16.5. The summed E-state index contributed by atoms with van der Waals surface area (Å²) in [5, 5.41) is 11.9. The normalized spacial score (nSPS) is 22.9. The van der Waals surface area contributed by atoms with Gasteiger partial charge in [0, 0.05) is 23.1 Å². The fourth-order valence-corrected chi connectivity index (χ4v) is 6.41. The Hall–Kier alpha value is -4.76. The number of aryl methyl sites for hydroxylation is 2. The highest BCUT2D eigenvalue weighted by Crippen LogP contribution is 2.57. The van der Waals surface area contributed by atoms with E-state index >= 15 is 0 Å². The number of hydrogen-bond acceptors (Lipinski definition) is 6. The number of nitrogens with zero attached hydrogens (tertiary/aromatic N) is 3. The average molecular weight is 528 g/mol. The zero-order valence-electron chi connectivity index (χ0n) is 22.7. The summed E-state index contributed by atoms with van der Waals surface area (Å²) < 4.78 is 5.63. The van der Waals surface area contributed by atoms with Crippen molar-refractivity contribution in [1.29, 1.82) is 5.26 Å². The van der Waals surface area contributed by atoms with Gasteiger partial charge in [0.2, 0.25) is 0 Å². The topological polar surface area (TPSA) is 83.3 Å². The second kappa shape index (κ2) is 9.77. The molecule has 0 N–H and O–H groups in total. The molecule has 0 radical (unpaired) electrons. The minimum atomic E-state index is -1.68.